The second-order valence-electron chi connectivity index (χ2n) is 4.76. The van der Waals surface area contributed by atoms with E-state index in [0.29, 0.717) is 12.1 Å². The molecule has 1 aromatic heterocycles. The van der Waals surface area contributed by atoms with Gasteiger partial charge in [0.05, 0.1) is 12.7 Å². The molecule has 2 rings (SSSR count). The fraction of sp³-hybridized carbons (Fsp3) is 0.615. The first-order valence-corrected chi connectivity index (χ1v) is 7.13. The van der Waals surface area contributed by atoms with Crippen molar-refractivity contribution in [3.63, 3.8) is 0 Å². The number of morpholine rings is 1. The Bertz CT molecular complexity index is 372. The Morgan fingerprint density at radius 2 is 2.35 bits per heavy atom. The van der Waals surface area contributed by atoms with E-state index in [2.05, 4.69) is 45.7 Å². The fourth-order valence-electron chi connectivity index (χ4n) is 2.13. The molecule has 0 radical (unpaired) electrons. The van der Waals surface area contributed by atoms with Gasteiger partial charge in [0.2, 0.25) is 0 Å². The third-order valence-corrected chi connectivity index (χ3v) is 3.85. The number of hydrogen-bond donors (Lipinski definition) is 0. The molecule has 0 spiro atoms. The van der Waals surface area contributed by atoms with Crippen LogP contribution in [0.5, 0.6) is 0 Å². The second-order valence-corrected chi connectivity index (χ2v) is 5.41. The molecule has 0 aliphatic carbocycles. The number of ether oxygens (including phenoxy) is 1. The Morgan fingerprint density at radius 1 is 1.53 bits per heavy atom. The van der Waals surface area contributed by atoms with Crippen molar-refractivity contribution >= 4 is 15.9 Å². The standard InChI is InChI=1S/C13H19BrN2O/c1-10-3-12(6-15-5-10)7-16-8-13(4-14)17-9-11(16)2/h3,5-6,11,13H,4,7-9H2,1-2H3. The second kappa shape index (κ2) is 5.94. The van der Waals surface area contributed by atoms with Gasteiger partial charge in [-0.05, 0) is 25.0 Å². The van der Waals surface area contributed by atoms with Gasteiger partial charge < -0.3 is 4.74 Å². The zero-order valence-electron chi connectivity index (χ0n) is 10.4. The van der Waals surface area contributed by atoms with Gasteiger partial charge in [0, 0.05) is 36.9 Å². The zero-order valence-corrected chi connectivity index (χ0v) is 12.0. The Kier molecular flexibility index (Phi) is 4.54. The lowest BCUT2D eigenvalue weighted by atomic mass is 10.1. The molecule has 2 heterocycles. The van der Waals surface area contributed by atoms with E-state index < -0.39 is 0 Å². The summed E-state index contributed by atoms with van der Waals surface area (Å²) in [4.78, 5) is 6.71. The molecule has 1 fully saturated rings. The quantitative estimate of drug-likeness (QED) is 0.801. The molecule has 0 aromatic carbocycles. The van der Waals surface area contributed by atoms with Crippen LogP contribution in [0.25, 0.3) is 0 Å². The van der Waals surface area contributed by atoms with Gasteiger partial charge in [-0.1, -0.05) is 22.0 Å². The molecule has 2 atom stereocenters. The molecular weight excluding hydrogens is 280 g/mol. The lowest BCUT2D eigenvalue weighted by molar-refractivity contribution is -0.0500. The van der Waals surface area contributed by atoms with Crippen LogP contribution >= 0.6 is 15.9 Å². The molecule has 0 N–H and O–H groups in total. The van der Waals surface area contributed by atoms with Crippen LogP contribution in [-0.4, -0.2) is 40.5 Å². The van der Waals surface area contributed by atoms with Crippen molar-refractivity contribution in [3.8, 4) is 0 Å². The number of nitrogens with zero attached hydrogens (tertiary/aromatic N) is 2. The molecule has 1 aromatic rings. The number of hydrogen-bond acceptors (Lipinski definition) is 3. The van der Waals surface area contributed by atoms with Gasteiger partial charge in [-0.3, -0.25) is 9.88 Å². The van der Waals surface area contributed by atoms with Gasteiger partial charge in [0.1, 0.15) is 0 Å². The Morgan fingerprint density at radius 3 is 3.06 bits per heavy atom. The van der Waals surface area contributed by atoms with Crippen molar-refractivity contribution in [2.24, 2.45) is 0 Å². The Labute approximate surface area is 111 Å². The van der Waals surface area contributed by atoms with Crippen LogP contribution in [-0.2, 0) is 11.3 Å². The van der Waals surface area contributed by atoms with Crippen molar-refractivity contribution in [3.05, 3.63) is 29.6 Å². The van der Waals surface area contributed by atoms with Crippen LogP contribution in [0.1, 0.15) is 18.1 Å². The summed E-state index contributed by atoms with van der Waals surface area (Å²) < 4.78 is 5.73. The number of aromatic nitrogens is 1. The summed E-state index contributed by atoms with van der Waals surface area (Å²) in [5.41, 5.74) is 2.51. The largest absolute Gasteiger partial charge is 0.374 e. The highest BCUT2D eigenvalue weighted by Gasteiger charge is 2.25. The maximum absolute atomic E-state index is 5.73. The summed E-state index contributed by atoms with van der Waals surface area (Å²) in [5, 5.41) is 0.905. The Balaban J connectivity index is 2.01. The normalized spacial score (nSPS) is 26.1. The first-order chi connectivity index (χ1) is 8.19. The maximum Gasteiger partial charge on any atom is 0.0799 e. The van der Waals surface area contributed by atoms with E-state index in [1.807, 2.05) is 12.4 Å². The number of aryl methyl sites for hydroxylation is 1. The predicted molar refractivity (Wildman–Crippen MR) is 72.4 cm³/mol. The monoisotopic (exact) mass is 298 g/mol. The topological polar surface area (TPSA) is 25.4 Å². The van der Waals surface area contributed by atoms with Gasteiger partial charge in [0.15, 0.2) is 0 Å². The van der Waals surface area contributed by atoms with E-state index in [4.69, 9.17) is 4.74 Å². The molecule has 2 unspecified atom stereocenters. The van der Waals surface area contributed by atoms with Crippen molar-refractivity contribution in [2.45, 2.75) is 32.5 Å². The molecule has 0 amide bonds. The van der Waals surface area contributed by atoms with E-state index in [1.165, 1.54) is 11.1 Å². The molecule has 0 bridgehead atoms. The molecule has 3 nitrogen and oxygen atoms in total. The molecule has 17 heavy (non-hydrogen) atoms. The zero-order chi connectivity index (χ0) is 12.3. The molecule has 0 saturated carbocycles. The highest BCUT2D eigenvalue weighted by atomic mass is 79.9. The predicted octanol–water partition coefficient (Wildman–Crippen LogP) is 2.37. The van der Waals surface area contributed by atoms with Crippen molar-refractivity contribution in [2.75, 3.05) is 18.5 Å². The van der Waals surface area contributed by atoms with Crippen LogP contribution in [0.2, 0.25) is 0 Å². The summed E-state index contributed by atoms with van der Waals surface area (Å²) in [7, 11) is 0. The maximum atomic E-state index is 5.73. The lowest BCUT2D eigenvalue weighted by Gasteiger charge is -2.37. The SMILES string of the molecule is Cc1cncc(CN2CC(CBr)OCC2C)c1. The molecular formula is C13H19BrN2O. The van der Waals surface area contributed by atoms with Gasteiger partial charge in [-0.25, -0.2) is 0 Å². The molecule has 94 valence electrons. The Hall–Kier alpha value is -0.450. The van der Waals surface area contributed by atoms with Crippen LogP contribution in [0, 0.1) is 6.92 Å². The lowest BCUT2D eigenvalue weighted by Crippen LogP contribution is -2.48. The summed E-state index contributed by atoms with van der Waals surface area (Å²) in [6, 6.07) is 2.68. The van der Waals surface area contributed by atoms with E-state index >= 15 is 0 Å². The van der Waals surface area contributed by atoms with Gasteiger partial charge in [-0.2, -0.15) is 0 Å². The van der Waals surface area contributed by atoms with Gasteiger partial charge in [-0.15, -0.1) is 0 Å². The molecule has 4 heteroatoms. The summed E-state index contributed by atoms with van der Waals surface area (Å²) in [6.45, 7) is 7.06. The van der Waals surface area contributed by atoms with Gasteiger partial charge in [0.25, 0.3) is 0 Å². The van der Waals surface area contributed by atoms with Crippen molar-refractivity contribution < 1.29 is 4.74 Å². The first-order valence-electron chi connectivity index (χ1n) is 6.01. The van der Waals surface area contributed by atoms with E-state index in [0.717, 1.165) is 25.0 Å². The number of pyridine rings is 1. The summed E-state index contributed by atoms with van der Waals surface area (Å²) >= 11 is 3.49. The van der Waals surface area contributed by atoms with Crippen molar-refractivity contribution in [1.29, 1.82) is 0 Å². The minimum absolute atomic E-state index is 0.309. The number of halogens is 1. The smallest absolute Gasteiger partial charge is 0.0799 e. The summed E-state index contributed by atoms with van der Waals surface area (Å²) in [5.74, 6) is 0. The first kappa shape index (κ1) is 13.0. The van der Waals surface area contributed by atoms with Crippen LogP contribution in [0.4, 0.5) is 0 Å². The average molecular weight is 299 g/mol. The average Bonchev–Trinajstić information content (AvgIpc) is 2.32. The van der Waals surface area contributed by atoms with Crippen LogP contribution < -0.4 is 0 Å². The summed E-state index contributed by atoms with van der Waals surface area (Å²) in [6.07, 6.45) is 4.16. The van der Waals surface area contributed by atoms with Gasteiger partial charge >= 0.3 is 0 Å². The number of rotatable bonds is 3. The van der Waals surface area contributed by atoms with E-state index in [-0.39, 0.29) is 0 Å². The van der Waals surface area contributed by atoms with Crippen molar-refractivity contribution in [1.82, 2.24) is 9.88 Å². The number of alkyl halides is 1. The van der Waals surface area contributed by atoms with Crippen LogP contribution in [0.3, 0.4) is 0 Å². The minimum Gasteiger partial charge on any atom is -0.374 e. The fourth-order valence-corrected chi connectivity index (χ4v) is 2.52. The molecule has 1 aliphatic rings. The minimum atomic E-state index is 0.309. The molecule has 1 aliphatic heterocycles. The van der Waals surface area contributed by atoms with E-state index in [1.54, 1.807) is 0 Å². The van der Waals surface area contributed by atoms with E-state index in [9.17, 15) is 0 Å². The third kappa shape index (κ3) is 3.50. The molecule has 1 saturated heterocycles. The highest BCUT2D eigenvalue weighted by Crippen LogP contribution is 2.16. The third-order valence-electron chi connectivity index (χ3n) is 3.12. The van der Waals surface area contributed by atoms with Crippen LogP contribution in [0.15, 0.2) is 18.5 Å². The highest BCUT2D eigenvalue weighted by molar-refractivity contribution is 9.09.